The zero-order valence-corrected chi connectivity index (χ0v) is 16.3. The maximum Gasteiger partial charge on any atom is 0.257 e. The van der Waals surface area contributed by atoms with Crippen LogP contribution in [0.15, 0.2) is 78.6 Å². The fraction of sp³-hybridized carbons (Fsp3) is 0.136. The van der Waals surface area contributed by atoms with Crippen molar-refractivity contribution in [1.29, 1.82) is 0 Å². The quantitative estimate of drug-likeness (QED) is 0.494. The van der Waals surface area contributed by atoms with Crippen molar-refractivity contribution in [3.63, 3.8) is 0 Å². The Bertz CT molecular complexity index is 1040. The minimum atomic E-state index is -0.0495. The largest absolute Gasteiger partial charge is 0.336 e. The Kier molecular flexibility index (Phi) is 5.30. The molecule has 0 saturated carbocycles. The van der Waals surface area contributed by atoms with E-state index in [4.69, 9.17) is 5.10 Å². The summed E-state index contributed by atoms with van der Waals surface area (Å²) in [5.74, 6) is -0.0495. The third kappa shape index (κ3) is 4.02. The van der Waals surface area contributed by atoms with E-state index in [0.29, 0.717) is 24.3 Å². The Hall–Kier alpha value is -3.25. The van der Waals surface area contributed by atoms with Crippen LogP contribution in [0.1, 0.15) is 20.8 Å². The normalized spacial score (nSPS) is 10.8. The second-order valence-corrected chi connectivity index (χ2v) is 7.59. The van der Waals surface area contributed by atoms with Gasteiger partial charge in [-0.05, 0) is 29.1 Å². The highest BCUT2D eigenvalue weighted by molar-refractivity contribution is 7.09. The maximum absolute atomic E-state index is 13.2. The van der Waals surface area contributed by atoms with E-state index in [1.807, 2.05) is 65.8 Å². The number of carbonyl (C=O) groups excluding carboxylic acids is 1. The van der Waals surface area contributed by atoms with Gasteiger partial charge in [-0.3, -0.25) is 14.5 Å². The molecule has 1 amide bonds. The molecule has 4 rings (SSSR count). The van der Waals surface area contributed by atoms with Gasteiger partial charge in [-0.1, -0.05) is 36.4 Å². The third-order valence-electron chi connectivity index (χ3n) is 4.43. The van der Waals surface area contributed by atoms with E-state index >= 15 is 0 Å². The molecule has 0 aliphatic rings. The predicted octanol–water partition coefficient (Wildman–Crippen LogP) is 4.33. The fourth-order valence-corrected chi connectivity index (χ4v) is 3.82. The molecule has 140 valence electrons. The first-order valence-electron chi connectivity index (χ1n) is 9.00. The second-order valence-electron chi connectivity index (χ2n) is 6.56. The molecule has 0 fully saturated rings. The summed E-state index contributed by atoms with van der Waals surface area (Å²) < 4.78 is 1.82. The van der Waals surface area contributed by atoms with Crippen LogP contribution in [0, 0.1) is 0 Å². The summed E-state index contributed by atoms with van der Waals surface area (Å²) in [7, 11) is 1.82. The van der Waals surface area contributed by atoms with Crippen LogP contribution in [0.2, 0.25) is 0 Å². The molecule has 0 atom stereocenters. The van der Waals surface area contributed by atoms with E-state index in [2.05, 4.69) is 17.1 Å². The van der Waals surface area contributed by atoms with Crippen LogP contribution in [0.5, 0.6) is 0 Å². The van der Waals surface area contributed by atoms with E-state index in [1.54, 1.807) is 28.6 Å². The Labute approximate surface area is 167 Å². The van der Waals surface area contributed by atoms with Crippen LogP contribution in [0.25, 0.3) is 11.3 Å². The Morgan fingerprint density at radius 3 is 2.68 bits per heavy atom. The number of rotatable bonds is 6. The number of aromatic nitrogens is 3. The van der Waals surface area contributed by atoms with Crippen molar-refractivity contribution in [2.24, 2.45) is 0 Å². The van der Waals surface area contributed by atoms with Gasteiger partial charge in [-0.2, -0.15) is 5.10 Å². The molecule has 0 aliphatic carbocycles. The van der Waals surface area contributed by atoms with Gasteiger partial charge in [0.2, 0.25) is 0 Å². The van der Waals surface area contributed by atoms with Gasteiger partial charge in [0.05, 0.1) is 18.7 Å². The van der Waals surface area contributed by atoms with Gasteiger partial charge in [-0.15, -0.1) is 11.3 Å². The van der Waals surface area contributed by atoms with Crippen molar-refractivity contribution in [2.75, 3.05) is 7.05 Å². The highest BCUT2D eigenvalue weighted by Gasteiger charge is 2.21. The first-order valence-corrected chi connectivity index (χ1v) is 9.88. The Morgan fingerprint density at radius 2 is 1.96 bits per heavy atom. The van der Waals surface area contributed by atoms with Crippen molar-refractivity contribution in [3.8, 4) is 11.3 Å². The molecule has 0 aliphatic heterocycles. The van der Waals surface area contributed by atoms with Crippen molar-refractivity contribution < 1.29 is 4.79 Å². The molecule has 3 heterocycles. The van der Waals surface area contributed by atoms with Crippen LogP contribution < -0.4 is 0 Å². The van der Waals surface area contributed by atoms with Crippen LogP contribution in [-0.2, 0) is 13.1 Å². The number of amides is 1. The fourth-order valence-electron chi connectivity index (χ4n) is 3.06. The first-order chi connectivity index (χ1) is 13.7. The van der Waals surface area contributed by atoms with E-state index in [9.17, 15) is 4.79 Å². The zero-order valence-electron chi connectivity index (χ0n) is 15.5. The summed E-state index contributed by atoms with van der Waals surface area (Å²) in [5.41, 5.74) is 3.21. The van der Waals surface area contributed by atoms with Gasteiger partial charge in [-0.25, -0.2) is 0 Å². The topological polar surface area (TPSA) is 51.0 Å². The van der Waals surface area contributed by atoms with Gasteiger partial charge >= 0.3 is 0 Å². The van der Waals surface area contributed by atoms with Gasteiger partial charge in [0.25, 0.3) is 5.91 Å². The van der Waals surface area contributed by atoms with E-state index in [0.717, 1.165) is 16.0 Å². The van der Waals surface area contributed by atoms with Crippen LogP contribution in [-0.4, -0.2) is 32.6 Å². The molecular formula is C22H20N4OS. The number of thiophene rings is 1. The van der Waals surface area contributed by atoms with Crippen LogP contribution in [0.4, 0.5) is 0 Å². The number of pyridine rings is 1. The first kappa shape index (κ1) is 18.1. The molecule has 4 aromatic rings. The highest BCUT2D eigenvalue weighted by atomic mass is 32.1. The van der Waals surface area contributed by atoms with E-state index in [-0.39, 0.29) is 5.91 Å². The summed E-state index contributed by atoms with van der Waals surface area (Å²) in [5, 5.41) is 6.73. The minimum Gasteiger partial charge on any atom is -0.336 e. The lowest BCUT2D eigenvalue weighted by molar-refractivity contribution is 0.0787. The van der Waals surface area contributed by atoms with Gasteiger partial charge in [0.15, 0.2) is 0 Å². The Morgan fingerprint density at radius 1 is 1.11 bits per heavy atom. The number of carbonyl (C=O) groups is 1. The summed E-state index contributed by atoms with van der Waals surface area (Å²) in [6.45, 7) is 1.18. The van der Waals surface area contributed by atoms with Gasteiger partial charge in [0.1, 0.15) is 5.69 Å². The lowest BCUT2D eigenvalue weighted by Crippen LogP contribution is -2.26. The van der Waals surface area contributed by atoms with E-state index in [1.165, 1.54) is 0 Å². The molecule has 0 bridgehead atoms. The summed E-state index contributed by atoms with van der Waals surface area (Å²) >= 11 is 1.65. The lowest BCUT2D eigenvalue weighted by Gasteiger charge is -2.16. The summed E-state index contributed by atoms with van der Waals surface area (Å²) in [6.07, 6.45) is 5.29. The molecular weight excluding hydrogens is 368 g/mol. The van der Waals surface area contributed by atoms with Crippen molar-refractivity contribution in [2.45, 2.75) is 13.1 Å². The Balaban J connectivity index is 1.66. The second kappa shape index (κ2) is 8.19. The monoisotopic (exact) mass is 388 g/mol. The number of nitrogens with zero attached hydrogens (tertiary/aromatic N) is 4. The highest BCUT2D eigenvalue weighted by Crippen LogP contribution is 2.24. The maximum atomic E-state index is 13.2. The van der Waals surface area contributed by atoms with Crippen molar-refractivity contribution in [1.82, 2.24) is 19.7 Å². The number of hydrogen-bond donors (Lipinski definition) is 0. The number of benzene rings is 1. The van der Waals surface area contributed by atoms with Gasteiger partial charge in [0, 0.05) is 36.1 Å². The molecule has 0 unspecified atom stereocenters. The standard InChI is InChI=1S/C22H20N4OS/c1-25(15-19-10-6-12-28-19)22(27)20-16-26(14-17-7-3-2-4-8-17)24-21(20)18-9-5-11-23-13-18/h2-13,16H,14-15H2,1H3. The predicted molar refractivity (Wildman–Crippen MR) is 111 cm³/mol. The smallest absolute Gasteiger partial charge is 0.257 e. The third-order valence-corrected chi connectivity index (χ3v) is 5.30. The van der Waals surface area contributed by atoms with E-state index < -0.39 is 0 Å². The van der Waals surface area contributed by atoms with Crippen molar-refractivity contribution in [3.05, 3.63) is 94.6 Å². The average Bonchev–Trinajstić information content (AvgIpc) is 3.39. The molecule has 6 heteroatoms. The summed E-state index contributed by atoms with van der Waals surface area (Å²) in [4.78, 5) is 20.3. The molecule has 5 nitrogen and oxygen atoms in total. The SMILES string of the molecule is CN(Cc1cccs1)C(=O)c1cn(Cc2ccccc2)nc1-c1cccnc1. The molecule has 3 aromatic heterocycles. The van der Waals surface area contributed by atoms with Gasteiger partial charge < -0.3 is 4.90 Å². The van der Waals surface area contributed by atoms with Crippen LogP contribution >= 0.6 is 11.3 Å². The molecule has 0 saturated heterocycles. The zero-order chi connectivity index (χ0) is 19.3. The minimum absolute atomic E-state index is 0.0495. The van der Waals surface area contributed by atoms with Crippen LogP contribution in [0.3, 0.4) is 0 Å². The molecule has 0 N–H and O–H groups in total. The number of hydrogen-bond acceptors (Lipinski definition) is 4. The molecule has 0 radical (unpaired) electrons. The molecule has 1 aromatic carbocycles. The molecule has 28 heavy (non-hydrogen) atoms. The average molecular weight is 388 g/mol. The van der Waals surface area contributed by atoms with Crippen molar-refractivity contribution >= 4 is 17.2 Å². The lowest BCUT2D eigenvalue weighted by atomic mass is 10.1. The molecule has 0 spiro atoms. The summed E-state index contributed by atoms with van der Waals surface area (Å²) in [6, 6.07) is 17.9.